The Balaban J connectivity index is 1.66. The highest BCUT2D eigenvalue weighted by molar-refractivity contribution is 6.00. The monoisotopic (exact) mass is 434 g/mol. The van der Waals surface area contributed by atoms with Crippen LogP contribution in [0.5, 0.6) is 0 Å². The van der Waals surface area contributed by atoms with Crippen molar-refractivity contribution in [2.75, 3.05) is 31.6 Å². The Labute approximate surface area is 191 Å². The number of anilines is 1. The molecule has 1 aliphatic heterocycles. The summed E-state index contributed by atoms with van der Waals surface area (Å²) >= 11 is 0. The molecule has 2 aliphatic rings. The fourth-order valence-electron chi connectivity index (χ4n) is 4.75. The average Bonchev–Trinajstić information content (AvgIpc) is 2.77. The summed E-state index contributed by atoms with van der Waals surface area (Å²) in [4.78, 5) is 24.6. The summed E-state index contributed by atoms with van der Waals surface area (Å²) in [6.07, 6.45) is 3.64. The minimum Gasteiger partial charge on any atom is -0.378 e. The predicted octanol–water partition coefficient (Wildman–Crippen LogP) is 4.72. The van der Waals surface area contributed by atoms with E-state index in [0.29, 0.717) is 49.4 Å². The molecule has 2 atom stereocenters. The number of morpholine rings is 1. The van der Waals surface area contributed by atoms with Gasteiger partial charge in [-0.25, -0.2) is 9.97 Å². The van der Waals surface area contributed by atoms with Gasteiger partial charge in [0.1, 0.15) is 0 Å². The molecule has 2 aromatic rings. The van der Waals surface area contributed by atoms with Crippen molar-refractivity contribution in [2.45, 2.75) is 46.6 Å². The van der Waals surface area contributed by atoms with E-state index in [4.69, 9.17) is 9.72 Å². The van der Waals surface area contributed by atoms with Gasteiger partial charge in [0.25, 0.3) is 5.91 Å². The zero-order chi connectivity index (χ0) is 22.9. The standard InChI is InChI=1S/C26H34N4O2/c1-17-7-6-8-20(13-17)23-21(24(31)30-9-11-32-12-10-30)16-27-25(29-23)28-22-14-19(3)26(4,5)15-18(22)2/h6-8,13,16,18,22H,3,9-12,14-15H2,1-2,4-5H3,(H,27,28,29). The topological polar surface area (TPSA) is 67.4 Å². The van der Waals surface area contributed by atoms with E-state index in [2.05, 4.69) is 43.7 Å². The maximum atomic E-state index is 13.3. The third kappa shape index (κ3) is 4.70. The second kappa shape index (κ2) is 9.02. The zero-order valence-corrected chi connectivity index (χ0v) is 19.6. The lowest BCUT2D eigenvalue weighted by atomic mass is 9.68. The fraction of sp³-hybridized carbons (Fsp3) is 0.500. The van der Waals surface area contributed by atoms with Crippen LogP contribution in [0.3, 0.4) is 0 Å². The van der Waals surface area contributed by atoms with Crippen LogP contribution in [0, 0.1) is 18.3 Å². The third-order valence-corrected chi connectivity index (χ3v) is 6.87. The summed E-state index contributed by atoms with van der Waals surface area (Å²) in [6.45, 7) is 15.5. The Kier molecular flexibility index (Phi) is 6.33. The number of carbonyl (C=O) groups excluding carboxylic acids is 1. The summed E-state index contributed by atoms with van der Waals surface area (Å²) in [5.41, 5.74) is 4.66. The molecule has 2 unspecified atom stereocenters. The molecule has 6 nitrogen and oxygen atoms in total. The predicted molar refractivity (Wildman–Crippen MR) is 128 cm³/mol. The van der Waals surface area contributed by atoms with Crippen molar-refractivity contribution in [3.63, 3.8) is 0 Å². The third-order valence-electron chi connectivity index (χ3n) is 6.87. The Bertz CT molecular complexity index is 1010. The largest absolute Gasteiger partial charge is 0.378 e. The van der Waals surface area contributed by atoms with Crippen molar-refractivity contribution in [2.24, 2.45) is 11.3 Å². The van der Waals surface area contributed by atoms with Crippen LogP contribution in [-0.4, -0.2) is 53.1 Å². The van der Waals surface area contributed by atoms with Crippen molar-refractivity contribution in [3.05, 3.63) is 53.7 Å². The van der Waals surface area contributed by atoms with Gasteiger partial charge >= 0.3 is 0 Å². The van der Waals surface area contributed by atoms with Gasteiger partial charge in [0.2, 0.25) is 5.95 Å². The van der Waals surface area contributed by atoms with Gasteiger partial charge in [0, 0.05) is 30.9 Å². The highest BCUT2D eigenvalue weighted by Crippen LogP contribution is 2.42. The van der Waals surface area contributed by atoms with E-state index in [0.717, 1.165) is 24.0 Å². The number of ether oxygens (including phenoxy) is 1. The van der Waals surface area contributed by atoms with E-state index in [-0.39, 0.29) is 17.4 Å². The van der Waals surface area contributed by atoms with Gasteiger partial charge in [-0.05, 0) is 37.2 Å². The van der Waals surface area contributed by atoms with Crippen molar-refractivity contribution < 1.29 is 9.53 Å². The van der Waals surface area contributed by atoms with Gasteiger partial charge in [0.05, 0.1) is 24.5 Å². The Hall–Kier alpha value is -2.73. The fourth-order valence-corrected chi connectivity index (χ4v) is 4.75. The minimum absolute atomic E-state index is 0.0440. The first-order valence-electron chi connectivity index (χ1n) is 11.5. The van der Waals surface area contributed by atoms with Crippen LogP contribution in [0.15, 0.2) is 42.6 Å². The number of nitrogens with zero attached hydrogens (tertiary/aromatic N) is 3. The highest BCUT2D eigenvalue weighted by Gasteiger charge is 2.35. The maximum Gasteiger partial charge on any atom is 0.257 e. The number of hydrogen-bond donors (Lipinski definition) is 1. The van der Waals surface area contributed by atoms with Crippen molar-refractivity contribution in [1.29, 1.82) is 0 Å². The number of amides is 1. The number of aryl methyl sites for hydroxylation is 1. The minimum atomic E-state index is -0.0440. The quantitative estimate of drug-likeness (QED) is 0.706. The SMILES string of the molecule is C=C1CC(Nc2ncc(C(=O)N3CCOCC3)c(-c3cccc(C)c3)n2)C(C)CC1(C)C. The molecule has 1 aromatic carbocycles. The first-order chi connectivity index (χ1) is 15.2. The average molecular weight is 435 g/mol. The summed E-state index contributed by atoms with van der Waals surface area (Å²) in [6, 6.07) is 8.34. The molecule has 6 heteroatoms. The molecule has 1 aliphatic carbocycles. The number of rotatable bonds is 4. The normalized spacial score (nSPS) is 23.1. The zero-order valence-electron chi connectivity index (χ0n) is 19.6. The molecular weight excluding hydrogens is 400 g/mol. The molecule has 0 bridgehead atoms. The lowest BCUT2D eigenvalue weighted by molar-refractivity contribution is 0.0303. The molecule has 4 rings (SSSR count). The Morgan fingerprint density at radius 3 is 2.75 bits per heavy atom. The molecule has 0 spiro atoms. The van der Waals surface area contributed by atoms with E-state index in [1.165, 1.54) is 5.57 Å². The molecule has 1 saturated heterocycles. The molecule has 0 radical (unpaired) electrons. The van der Waals surface area contributed by atoms with Gasteiger partial charge < -0.3 is 15.0 Å². The molecule has 170 valence electrons. The maximum absolute atomic E-state index is 13.3. The molecule has 32 heavy (non-hydrogen) atoms. The molecule has 1 amide bonds. The van der Waals surface area contributed by atoms with Crippen molar-refractivity contribution in [1.82, 2.24) is 14.9 Å². The summed E-state index contributed by atoms with van der Waals surface area (Å²) in [7, 11) is 0. The lowest BCUT2D eigenvalue weighted by Gasteiger charge is -2.41. The van der Waals surface area contributed by atoms with Gasteiger partial charge in [-0.1, -0.05) is 56.7 Å². The van der Waals surface area contributed by atoms with Crippen LogP contribution < -0.4 is 5.32 Å². The lowest BCUT2D eigenvalue weighted by Crippen LogP contribution is -2.41. The van der Waals surface area contributed by atoms with Crippen LogP contribution in [0.1, 0.15) is 49.5 Å². The first kappa shape index (κ1) is 22.5. The van der Waals surface area contributed by atoms with Crippen molar-refractivity contribution in [3.8, 4) is 11.3 Å². The smallest absolute Gasteiger partial charge is 0.257 e. The molecule has 1 aromatic heterocycles. The second-order valence-electron chi connectivity index (χ2n) is 9.85. The number of aromatic nitrogens is 2. The van der Waals surface area contributed by atoms with Gasteiger partial charge in [-0.3, -0.25) is 4.79 Å². The Morgan fingerprint density at radius 2 is 2.03 bits per heavy atom. The summed E-state index contributed by atoms with van der Waals surface area (Å²) in [5.74, 6) is 0.984. The van der Waals surface area contributed by atoms with E-state index >= 15 is 0 Å². The first-order valence-corrected chi connectivity index (χ1v) is 11.5. The van der Waals surface area contributed by atoms with Gasteiger partial charge in [-0.15, -0.1) is 0 Å². The van der Waals surface area contributed by atoms with Crippen LogP contribution in [0.25, 0.3) is 11.3 Å². The molecule has 1 saturated carbocycles. The summed E-state index contributed by atoms with van der Waals surface area (Å²) in [5, 5.41) is 3.54. The van der Waals surface area contributed by atoms with Crippen LogP contribution in [-0.2, 0) is 4.74 Å². The number of hydrogen-bond acceptors (Lipinski definition) is 5. The number of carbonyl (C=O) groups is 1. The van der Waals surface area contributed by atoms with E-state index in [1.54, 1.807) is 6.20 Å². The molecular formula is C26H34N4O2. The summed E-state index contributed by atoms with van der Waals surface area (Å²) < 4.78 is 5.41. The Morgan fingerprint density at radius 1 is 1.28 bits per heavy atom. The molecule has 1 N–H and O–H groups in total. The van der Waals surface area contributed by atoms with Crippen LogP contribution in [0.4, 0.5) is 5.95 Å². The number of benzene rings is 1. The van der Waals surface area contributed by atoms with Gasteiger partial charge in [0.15, 0.2) is 0 Å². The van der Waals surface area contributed by atoms with Gasteiger partial charge in [-0.2, -0.15) is 0 Å². The van der Waals surface area contributed by atoms with Crippen LogP contribution in [0.2, 0.25) is 0 Å². The van der Waals surface area contributed by atoms with Crippen molar-refractivity contribution >= 4 is 11.9 Å². The van der Waals surface area contributed by atoms with Crippen LogP contribution >= 0.6 is 0 Å². The van der Waals surface area contributed by atoms with E-state index in [1.807, 2.05) is 30.0 Å². The second-order valence-corrected chi connectivity index (χ2v) is 9.85. The molecule has 2 fully saturated rings. The number of nitrogens with one attached hydrogen (secondary N) is 1. The van der Waals surface area contributed by atoms with E-state index in [9.17, 15) is 4.79 Å². The van der Waals surface area contributed by atoms with E-state index < -0.39 is 0 Å². The molecule has 2 heterocycles. The highest BCUT2D eigenvalue weighted by atomic mass is 16.5.